The van der Waals surface area contributed by atoms with Gasteiger partial charge in [0.05, 0.1) is 18.3 Å². The number of fused-ring (bicyclic) bond motifs is 1. The highest BCUT2D eigenvalue weighted by Gasteiger charge is 2.05. The Kier molecular flexibility index (Phi) is 2.97. The summed E-state index contributed by atoms with van der Waals surface area (Å²) >= 11 is 9.05. The van der Waals surface area contributed by atoms with Crippen LogP contribution in [0.1, 0.15) is 5.56 Å². The molecule has 0 aliphatic heterocycles. The number of pyridine rings is 1. The molecule has 0 amide bonds. The summed E-state index contributed by atoms with van der Waals surface area (Å²) in [6, 6.07) is 1.98. The third-order valence-corrected chi connectivity index (χ3v) is 3.10. The molecule has 0 N–H and O–H groups in total. The Morgan fingerprint density at radius 2 is 1.89 bits per heavy atom. The first-order valence-corrected chi connectivity index (χ1v) is 6.33. The summed E-state index contributed by atoms with van der Waals surface area (Å²) in [4.78, 5) is 12.2. The predicted molar refractivity (Wildman–Crippen MR) is 71.4 cm³/mol. The maximum atomic E-state index is 5.65. The van der Waals surface area contributed by atoms with Gasteiger partial charge in [-0.3, -0.25) is 9.67 Å². The van der Waals surface area contributed by atoms with Gasteiger partial charge >= 0.3 is 0 Å². The molecule has 5 nitrogen and oxygen atoms in total. The topological polar surface area (TPSA) is 56.5 Å². The van der Waals surface area contributed by atoms with E-state index in [1.807, 2.05) is 10.7 Å². The van der Waals surface area contributed by atoms with Crippen molar-refractivity contribution in [1.29, 1.82) is 0 Å². The van der Waals surface area contributed by atoms with Crippen LogP contribution in [0.2, 0.25) is 5.28 Å². The minimum atomic E-state index is 0.244. The van der Waals surface area contributed by atoms with Gasteiger partial charge < -0.3 is 0 Å². The average molecular weight is 325 g/mol. The van der Waals surface area contributed by atoms with Gasteiger partial charge in [-0.25, -0.2) is 9.97 Å². The molecule has 90 valence electrons. The normalized spacial score (nSPS) is 11.0. The Morgan fingerprint density at radius 1 is 1.11 bits per heavy atom. The van der Waals surface area contributed by atoms with E-state index < -0.39 is 0 Å². The minimum absolute atomic E-state index is 0.244. The molecule has 0 spiro atoms. The molecule has 3 heterocycles. The van der Waals surface area contributed by atoms with E-state index in [4.69, 9.17) is 11.6 Å². The van der Waals surface area contributed by atoms with Gasteiger partial charge in [-0.1, -0.05) is 0 Å². The molecule has 18 heavy (non-hydrogen) atoms. The lowest BCUT2D eigenvalue weighted by Crippen LogP contribution is -2.02. The van der Waals surface area contributed by atoms with Crippen molar-refractivity contribution in [2.75, 3.05) is 0 Å². The van der Waals surface area contributed by atoms with Gasteiger partial charge in [0.2, 0.25) is 5.28 Å². The minimum Gasteiger partial charge on any atom is -0.259 e. The Morgan fingerprint density at radius 3 is 2.67 bits per heavy atom. The number of nitrogens with zero attached hydrogens (tertiary/aromatic N) is 5. The lowest BCUT2D eigenvalue weighted by atomic mass is 10.3. The Balaban J connectivity index is 1.99. The van der Waals surface area contributed by atoms with E-state index in [1.54, 1.807) is 24.8 Å². The summed E-state index contributed by atoms with van der Waals surface area (Å²) in [5, 5.41) is 4.54. The number of hydrogen-bond acceptors (Lipinski definition) is 4. The van der Waals surface area contributed by atoms with Gasteiger partial charge in [0.1, 0.15) is 5.52 Å². The van der Waals surface area contributed by atoms with E-state index in [-0.39, 0.29) is 5.28 Å². The monoisotopic (exact) mass is 323 g/mol. The second kappa shape index (κ2) is 4.62. The molecular formula is C11H7BrClN5. The Labute approximate surface area is 116 Å². The van der Waals surface area contributed by atoms with Crippen LogP contribution in [0.4, 0.5) is 0 Å². The van der Waals surface area contributed by atoms with Crippen LogP contribution < -0.4 is 0 Å². The number of hydrogen-bond donors (Lipinski definition) is 0. The standard InChI is InChI=1S/C11H7BrClN5/c12-8-1-10-9(14-4-8)5-17-18(10)6-7-2-15-11(13)16-3-7/h1-5H,6H2. The fraction of sp³-hybridized carbons (Fsp3) is 0.0909. The summed E-state index contributed by atoms with van der Waals surface area (Å²) in [7, 11) is 0. The van der Waals surface area contributed by atoms with Crippen LogP contribution in [0.5, 0.6) is 0 Å². The molecule has 0 aliphatic rings. The van der Waals surface area contributed by atoms with Gasteiger partial charge in [-0.2, -0.15) is 5.10 Å². The predicted octanol–water partition coefficient (Wildman–Crippen LogP) is 2.69. The third-order valence-electron chi connectivity index (χ3n) is 2.47. The smallest absolute Gasteiger partial charge is 0.222 e. The Bertz CT molecular complexity index is 694. The van der Waals surface area contributed by atoms with Crippen molar-refractivity contribution >= 4 is 38.6 Å². The lowest BCUT2D eigenvalue weighted by Gasteiger charge is -2.03. The summed E-state index contributed by atoms with van der Waals surface area (Å²) in [6.45, 7) is 0.582. The molecule has 0 saturated carbocycles. The molecule has 0 saturated heterocycles. The summed E-state index contributed by atoms with van der Waals surface area (Å²) < 4.78 is 2.77. The molecule has 0 bridgehead atoms. The van der Waals surface area contributed by atoms with Gasteiger partial charge in [0, 0.05) is 28.6 Å². The molecule has 0 aromatic carbocycles. The second-order valence-corrected chi connectivity index (χ2v) is 4.97. The fourth-order valence-electron chi connectivity index (χ4n) is 1.65. The summed E-state index contributed by atoms with van der Waals surface area (Å²) in [5.74, 6) is 0. The first-order chi connectivity index (χ1) is 8.72. The molecular weight excluding hydrogens is 318 g/mol. The van der Waals surface area contributed by atoms with Crippen LogP contribution in [-0.4, -0.2) is 24.7 Å². The highest BCUT2D eigenvalue weighted by Crippen LogP contribution is 2.17. The molecule has 0 aliphatic carbocycles. The SMILES string of the molecule is Clc1ncc(Cn2ncc3ncc(Br)cc32)cn1. The zero-order valence-electron chi connectivity index (χ0n) is 9.09. The molecule has 0 unspecified atom stereocenters. The van der Waals surface area contributed by atoms with Crippen LogP contribution in [0.3, 0.4) is 0 Å². The quantitative estimate of drug-likeness (QED) is 0.680. The van der Waals surface area contributed by atoms with Crippen LogP contribution in [0, 0.1) is 0 Å². The largest absolute Gasteiger partial charge is 0.259 e. The van der Waals surface area contributed by atoms with Crippen molar-refractivity contribution < 1.29 is 0 Å². The van der Waals surface area contributed by atoms with E-state index in [9.17, 15) is 0 Å². The van der Waals surface area contributed by atoms with E-state index in [0.29, 0.717) is 6.54 Å². The maximum absolute atomic E-state index is 5.65. The van der Waals surface area contributed by atoms with E-state index in [0.717, 1.165) is 21.1 Å². The molecule has 0 fully saturated rings. The van der Waals surface area contributed by atoms with Crippen LogP contribution in [-0.2, 0) is 6.54 Å². The average Bonchev–Trinajstić information content (AvgIpc) is 2.75. The molecule has 0 atom stereocenters. The summed E-state index contributed by atoms with van der Waals surface area (Å²) in [5.41, 5.74) is 2.75. The van der Waals surface area contributed by atoms with E-state index in [2.05, 4.69) is 36.0 Å². The second-order valence-electron chi connectivity index (χ2n) is 3.72. The molecule has 3 aromatic heterocycles. The van der Waals surface area contributed by atoms with Gasteiger partial charge in [0.25, 0.3) is 0 Å². The lowest BCUT2D eigenvalue weighted by molar-refractivity contribution is 0.706. The third kappa shape index (κ3) is 2.21. The zero-order valence-corrected chi connectivity index (χ0v) is 11.4. The van der Waals surface area contributed by atoms with Crippen molar-refractivity contribution in [3.63, 3.8) is 0 Å². The van der Waals surface area contributed by atoms with Gasteiger partial charge in [-0.15, -0.1) is 0 Å². The van der Waals surface area contributed by atoms with Crippen molar-refractivity contribution in [2.24, 2.45) is 0 Å². The van der Waals surface area contributed by atoms with E-state index in [1.165, 1.54) is 0 Å². The van der Waals surface area contributed by atoms with Crippen LogP contribution in [0.25, 0.3) is 11.0 Å². The van der Waals surface area contributed by atoms with Crippen molar-refractivity contribution in [3.05, 3.63) is 46.2 Å². The van der Waals surface area contributed by atoms with Crippen LogP contribution >= 0.6 is 27.5 Å². The van der Waals surface area contributed by atoms with Gasteiger partial charge in [0.15, 0.2) is 0 Å². The van der Waals surface area contributed by atoms with Crippen molar-refractivity contribution in [1.82, 2.24) is 24.7 Å². The molecule has 3 rings (SSSR count). The highest BCUT2D eigenvalue weighted by molar-refractivity contribution is 9.10. The molecule has 7 heteroatoms. The fourth-order valence-corrected chi connectivity index (χ4v) is 2.07. The zero-order chi connectivity index (χ0) is 12.5. The number of rotatable bonds is 2. The number of halogens is 2. The van der Waals surface area contributed by atoms with Crippen LogP contribution in [0.15, 0.2) is 35.3 Å². The Hall–Kier alpha value is -1.53. The molecule has 3 aromatic rings. The maximum Gasteiger partial charge on any atom is 0.222 e. The first kappa shape index (κ1) is 11.6. The molecule has 0 radical (unpaired) electrons. The van der Waals surface area contributed by atoms with Gasteiger partial charge in [-0.05, 0) is 33.6 Å². The van der Waals surface area contributed by atoms with Crippen molar-refractivity contribution in [2.45, 2.75) is 6.54 Å². The number of aromatic nitrogens is 5. The summed E-state index contributed by atoms with van der Waals surface area (Å²) in [6.07, 6.45) is 6.86. The van der Waals surface area contributed by atoms with Crippen molar-refractivity contribution in [3.8, 4) is 0 Å². The highest BCUT2D eigenvalue weighted by atomic mass is 79.9. The first-order valence-electron chi connectivity index (χ1n) is 5.16. The van der Waals surface area contributed by atoms with E-state index >= 15 is 0 Å².